The van der Waals surface area contributed by atoms with Crippen molar-refractivity contribution in [2.24, 2.45) is 11.7 Å². The van der Waals surface area contributed by atoms with Crippen LogP contribution in [0.15, 0.2) is 0 Å². The number of carboxylic acid groups (broad SMARTS) is 1. The molecule has 0 spiro atoms. The van der Waals surface area contributed by atoms with Gasteiger partial charge in [-0.2, -0.15) is 0 Å². The van der Waals surface area contributed by atoms with Gasteiger partial charge in [-0.3, -0.25) is 4.79 Å². The van der Waals surface area contributed by atoms with Gasteiger partial charge < -0.3 is 16.2 Å². The topological polar surface area (TPSA) is 75.3 Å². The van der Waals surface area contributed by atoms with E-state index in [4.69, 9.17) is 10.8 Å². The van der Waals surface area contributed by atoms with Crippen LogP contribution in [0.3, 0.4) is 0 Å². The average Bonchev–Trinajstić information content (AvgIpc) is 2.03. The number of carboxylic acids is 1. The third kappa shape index (κ3) is 5.09. The van der Waals surface area contributed by atoms with Gasteiger partial charge in [0.25, 0.3) is 0 Å². The number of carbonyl (C=O) groups is 1. The van der Waals surface area contributed by atoms with Crippen molar-refractivity contribution in [3.05, 3.63) is 0 Å². The standard InChI is InChI=1S/C8H18N2O2/c1-3-6(2)4-10-5-7(9)8(11)12/h6-7,10H,3-5,9H2,1-2H3,(H,11,12). The largest absolute Gasteiger partial charge is 0.480 e. The van der Waals surface area contributed by atoms with E-state index in [0.717, 1.165) is 13.0 Å². The summed E-state index contributed by atoms with van der Waals surface area (Å²) in [5, 5.41) is 11.5. The fourth-order valence-corrected chi connectivity index (χ4v) is 0.717. The van der Waals surface area contributed by atoms with E-state index in [-0.39, 0.29) is 0 Å². The van der Waals surface area contributed by atoms with Crippen molar-refractivity contribution < 1.29 is 9.90 Å². The Labute approximate surface area is 73.1 Å². The highest BCUT2D eigenvalue weighted by Gasteiger charge is 2.10. The van der Waals surface area contributed by atoms with Gasteiger partial charge in [0, 0.05) is 6.54 Å². The molecule has 12 heavy (non-hydrogen) atoms. The molecule has 0 rings (SSSR count). The van der Waals surface area contributed by atoms with Crippen LogP contribution >= 0.6 is 0 Å². The molecule has 4 nitrogen and oxygen atoms in total. The minimum Gasteiger partial charge on any atom is -0.480 e. The number of hydrogen-bond acceptors (Lipinski definition) is 3. The molecule has 0 saturated heterocycles. The molecule has 0 aliphatic carbocycles. The lowest BCUT2D eigenvalue weighted by Crippen LogP contribution is -2.41. The molecule has 4 heteroatoms. The van der Waals surface area contributed by atoms with Gasteiger partial charge in [0.05, 0.1) is 0 Å². The van der Waals surface area contributed by atoms with Crippen LogP contribution in [0.5, 0.6) is 0 Å². The number of hydrogen-bond donors (Lipinski definition) is 3. The van der Waals surface area contributed by atoms with Crippen LogP contribution in [-0.4, -0.2) is 30.2 Å². The minimum atomic E-state index is -0.952. The van der Waals surface area contributed by atoms with E-state index in [0.29, 0.717) is 12.5 Å². The van der Waals surface area contributed by atoms with Gasteiger partial charge in [0.2, 0.25) is 0 Å². The summed E-state index contributed by atoms with van der Waals surface area (Å²) in [5.41, 5.74) is 5.28. The number of nitrogens with one attached hydrogen (secondary N) is 1. The zero-order chi connectivity index (χ0) is 9.56. The molecule has 72 valence electrons. The molecule has 0 aliphatic rings. The van der Waals surface area contributed by atoms with Crippen LogP contribution in [0.4, 0.5) is 0 Å². The summed E-state index contributed by atoms with van der Waals surface area (Å²) in [6, 6.07) is -0.783. The first-order valence-corrected chi connectivity index (χ1v) is 4.27. The summed E-state index contributed by atoms with van der Waals surface area (Å²) in [4.78, 5) is 10.3. The monoisotopic (exact) mass is 174 g/mol. The zero-order valence-electron chi connectivity index (χ0n) is 7.71. The molecule has 0 aromatic heterocycles. The first-order chi connectivity index (χ1) is 5.57. The van der Waals surface area contributed by atoms with Crippen molar-refractivity contribution in [2.75, 3.05) is 13.1 Å². The summed E-state index contributed by atoms with van der Waals surface area (Å²) in [7, 11) is 0. The first kappa shape index (κ1) is 11.4. The van der Waals surface area contributed by atoms with E-state index in [1.165, 1.54) is 0 Å². The van der Waals surface area contributed by atoms with Gasteiger partial charge in [-0.1, -0.05) is 20.3 Å². The number of nitrogens with two attached hydrogens (primary N) is 1. The van der Waals surface area contributed by atoms with Crippen molar-refractivity contribution in [3.63, 3.8) is 0 Å². The van der Waals surface area contributed by atoms with Crippen LogP contribution in [0.2, 0.25) is 0 Å². The molecule has 0 amide bonds. The molecule has 0 bridgehead atoms. The summed E-state index contributed by atoms with van der Waals surface area (Å²) in [6.07, 6.45) is 1.09. The number of aliphatic carboxylic acids is 1. The normalized spacial score (nSPS) is 15.6. The first-order valence-electron chi connectivity index (χ1n) is 4.27. The molecule has 0 heterocycles. The van der Waals surface area contributed by atoms with Crippen molar-refractivity contribution >= 4 is 5.97 Å². The van der Waals surface area contributed by atoms with E-state index in [1.807, 2.05) is 0 Å². The fraction of sp³-hybridized carbons (Fsp3) is 0.875. The molecule has 2 atom stereocenters. The number of rotatable bonds is 6. The van der Waals surface area contributed by atoms with Gasteiger partial charge >= 0.3 is 5.97 Å². The smallest absolute Gasteiger partial charge is 0.321 e. The van der Waals surface area contributed by atoms with E-state index >= 15 is 0 Å². The molecule has 0 saturated carbocycles. The highest BCUT2D eigenvalue weighted by Crippen LogP contribution is 1.96. The van der Waals surface area contributed by atoms with E-state index in [9.17, 15) is 4.79 Å². The summed E-state index contributed by atoms with van der Waals surface area (Å²) in [6.45, 7) is 5.39. The Balaban J connectivity index is 3.37. The Hall–Kier alpha value is -0.610. The maximum Gasteiger partial charge on any atom is 0.321 e. The van der Waals surface area contributed by atoms with E-state index in [1.54, 1.807) is 0 Å². The summed E-state index contributed by atoms with van der Waals surface area (Å²) in [5.74, 6) is -0.377. The lowest BCUT2D eigenvalue weighted by Gasteiger charge is -2.11. The third-order valence-corrected chi connectivity index (χ3v) is 1.87. The Kier molecular flexibility index (Phi) is 5.66. The molecular weight excluding hydrogens is 156 g/mol. The molecule has 0 aromatic rings. The van der Waals surface area contributed by atoms with Gasteiger partial charge in [-0.05, 0) is 12.5 Å². The van der Waals surface area contributed by atoms with Crippen molar-refractivity contribution in [1.82, 2.24) is 5.32 Å². The maximum absolute atomic E-state index is 10.3. The molecule has 0 aromatic carbocycles. The van der Waals surface area contributed by atoms with Crippen molar-refractivity contribution in [1.29, 1.82) is 0 Å². The van der Waals surface area contributed by atoms with Gasteiger partial charge in [0.15, 0.2) is 0 Å². The van der Waals surface area contributed by atoms with Crippen LogP contribution in [0.1, 0.15) is 20.3 Å². The van der Waals surface area contributed by atoms with Crippen molar-refractivity contribution in [2.45, 2.75) is 26.3 Å². The Morgan fingerprint density at radius 1 is 1.58 bits per heavy atom. The molecule has 2 unspecified atom stereocenters. The predicted molar refractivity (Wildman–Crippen MR) is 47.9 cm³/mol. The summed E-state index contributed by atoms with van der Waals surface area (Å²) < 4.78 is 0. The third-order valence-electron chi connectivity index (χ3n) is 1.87. The predicted octanol–water partition coefficient (Wildman–Crippen LogP) is 0.0340. The molecule has 4 N–H and O–H groups in total. The second-order valence-electron chi connectivity index (χ2n) is 3.12. The molecular formula is C8H18N2O2. The molecule has 0 fully saturated rings. The SMILES string of the molecule is CCC(C)CNCC(N)C(=O)O. The van der Waals surface area contributed by atoms with E-state index in [2.05, 4.69) is 19.2 Å². The lowest BCUT2D eigenvalue weighted by molar-refractivity contribution is -0.138. The van der Waals surface area contributed by atoms with Gasteiger partial charge in [0.1, 0.15) is 6.04 Å². The van der Waals surface area contributed by atoms with E-state index < -0.39 is 12.0 Å². The maximum atomic E-state index is 10.3. The van der Waals surface area contributed by atoms with Crippen LogP contribution in [0, 0.1) is 5.92 Å². The Morgan fingerprint density at radius 2 is 2.17 bits per heavy atom. The summed E-state index contributed by atoms with van der Waals surface area (Å²) >= 11 is 0. The quantitative estimate of drug-likeness (QED) is 0.531. The van der Waals surface area contributed by atoms with Crippen LogP contribution in [-0.2, 0) is 4.79 Å². The highest BCUT2D eigenvalue weighted by atomic mass is 16.4. The van der Waals surface area contributed by atoms with Crippen molar-refractivity contribution in [3.8, 4) is 0 Å². The lowest BCUT2D eigenvalue weighted by atomic mass is 10.1. The van der Waals surface area contributed by atoms with Gasteiger partial charge in [-0.15, -0.1) is 0 Å². The zero-order valence-corrected chi connectivity index (χ0v) is 7.71. The highest BCUT2D eigenvalue weighted by molar-refractivity contribution is 5.73. The average molecular weight is 174 g/mol. The molecule has 0 radical (unpaired) electrons. The van der Waals surface area contributed by atoms with Crippen LogP contribution in [0.25, 0.3) is 0 Å². The Bertz CT molecular complexity index is 139. The van der Waals surface area contributed by atoms with Crippen LogP contribution < -0.4 is 11.1 Å². The molecule has 0 aliphatic heterocycles. The second-order valence-corrected chi connectivity index (χ2v) is 3.12. The fourth-order valence-electron chi connectivity index (χ4n) is 0.717. The Morgan fingerprint density at radius 3 is 2.58 bits per heavy atom. The second kappa shape index (κ2) is 5.97. The minimum absolute atomic E-state index is 0.347. The van der Waals surface area contributed by atoms with Gasteiger partial charge in [-0.25, -0.2) is 0 Å².